The van der Waals surface area contributed by atoms with Crippen LogP contribution >= 0.6 is 0 Å². The Hall–Kier alpha value is -1.78. The Bertz CT molecular complexity index is 484. The van der Waals surface area contributed by atoms with E-state index in [9.17, 15) is 14.7 Å². The first-order chi connectivity index (χ1) is 9.58. The van der Waals surface area contributed by atoms with Crippen LogP contribution in [0.3, 0.4) is 0 Å². The highest BCUT2D eigenvalue weighted by molar-refractivity contribution is 5.94. The zero-order valence-corrected chi connectivity index (χ0v) is 12.0. The van der Waals surface area contributed by atoms with Crippen molar-refractivity contribution in [1.82, 2.24) is 4.90 Å². The maximum atomic E-state index is 12.5. The van der Waals surface area contributed by atoms with Crippen molar-refractivity contribution >= 4 is 11.9 Å². The van der Waals surface area contributed by atoms with E-state index in [0.29, 0.717) is 13.0 Å². The molecule has 1 saturated heterocycles. The molecular formula is C15H21NO4. The molecule has 0 unspecified atom stereocenters. The number of carboxylic acid groups (broad SMARTS) is 1. The second-order valence-corrected chi connectivity index (χ2v) is 5.11. The van der Waals surface area contributed by atoms with Crippen molar-refractivity contribution in [1.29, 1.82) is 0 Å². The van der Waals surface area contributed by atoms with Crippen LogP contribution in [0.25, 0.3) is 0 Å². The van der Waals surface area contributed by atoms with Gasteiger partial charge < -0.3 is 14.4 Å². The summed E-state index contributed by atoms with van der Waals surface area (Å²) in [6.45, 7) is 4.48. The van der Waals surface area contributed by atoms with E-state index in [0.717, 1.165) is 37.0 Å². The highest BCUT2D eigenvalue weighted by Gasteiger charge is 2.34. The van der Waals surface area contributed by atoms with Crippen LogP contribution in [-0.2, 0) is 17.6 Å². The fourth-order valence-electron chi connectivity index (χ4n) is 2.74. The normalized spacial score (nSPS) is 19.1. The molecule has 5 heteroatoms. The molecule has 1 atom stereocenters. The predicted octanol–water partition coefficient (Wildman–Crippen LogP) is 2.48. The summed E-state index contributed by atoms with van der Waals surface area (Å²) in [6.07, 6.45) is 3.75. The monoisotopic (exact) mass is 279 g/mol. The number of rotatable bonds is 4. The lowest BCUT2D eigenvalue weighted by Crippen LogP contribution is -2.47. The molecule has 1 aliphatic rings. The molecule has 0 aliphatic carbocycles. The minimum Gasteiger partial charge on any atom is -0.480 e. The molecule has 2 heterocycles. The van der Waals surface area contributed by atoms with Crippen LogP contribution in [0.1, 0.15) is 55.0 Å². The lowest BCUT2D eigenvalue weighted by Gasteiger charge is -2.32. The average molecular weight is 279 g/mol. The molecule has 2 rings (SSSR count). The summed E-state index contributed by atoms with van der Waals surface area (Å²) in [6, 6.07) is 1.03. The molecule has 1 aliphatic heterocycles. The Balaban J connectivity index is 2.25. The van der Waals surface area contributed by atoms with Crippen LogP contribution in [0, 0.1) is 0 Å². The van der Waals surface area contributed by atoms with Gasteiger partial charge in [0, 0.05) is 13.0 Å². The molecule has 1 aromatic rings. The smallest absolute Gasteiger partial charge is 0.326 e. The number of hydrogen-bond acceptors (Lipinski definition) is 3. The average Bonchev–Trinajstić information content (AvgIpc) is 2.89. The van der Waals surface area contributed by atoms with E-state index in [2.05, 4.69) is 0 Å². The topological polar surface area (TPSA) is 70.8 Å². The number of carbonyl (C=O) groups excluding carboxylic acids is 1. The highest BCUT2D eigenvalue weighted by Crippen LogP contribution is 2.23. The molecule has 1 N–H and O–H groups in total. The van der Waals surface area contributed by atoms with Crippen molar-refractivity contribution < 1.29 is 19.1 Å². The van der Waals surface area contributed by atoms with Gasteiger partial charge in [0.15, 0.2) is 5.76 Å². The third kappa shape index (κ3) is 2.71. The van der Waals surface area contributed by atoms with Gasteiger partial charge in [0.05, 0.1) is 0 Å². The number of piperidine rings is 1. The molecule has 0 spiro atoms. The fourth-order valence-corrected chi connectivity index (χ4v) is 2.74. The summed E-state index contributed by atoms with van der Waals surface area (Å²) in [5.41, 5.74) is 1.03. The van der Waals surface area contributed by atoms with Crippen molar-refractivity contribution in [2.75, 3.05) is 6.54 Å². The van der Waals surface area contributed by atoms with Gasteiger partial charge in [-0.05, 0) is 37.3 Å². The second kappa shape index (κ2) is 6.11. The largest absolute Gasteiger partial charge is 0.480 e. The third-order valence-corrected chi connectivity index (χ3v) is 3.86. The van der Waals surface area contributed by atoms with E-state index in [-0.39, 0.29) is 11.7 Å². The minimum atomic E-state index is -0.934. The van der Waals surface area contributed by atoms with Crippen molar-refractivity contribution in [3.63, 3.8) is 0 Å². The lowest BCUT2D eigenvalue weighted by atomic mass is 10.0. The van der Waals surface area contributed by atoms with Crippen LogP contribution in [0.15, 0.2) is 10.5 Å². The number of aryl methyl sites for hydroxylation is 2. The van der Waals surface area contributed by atoms with Gasteiger partial charge in [-0.2, -0.15) is 0 Å². The zero-order chi connectivity index (χ0) is 14.7. The Morgan fingerprint density at radius 1 is 1.35 bits per heavy atom. The molecule has 20 heavy (non-hydrogen) atoms. The standard InChI is InChI=1S/C15H21NO4/c1-3-10-9-13(20-12(10)4-2)14(17)16-8-6-5-7-11(16)15(18)19/h9,11H,3-8H2,1-2H3,(H,18,19)/t11-/m1/s1. The zero-order valence-electron chi connectivity index (χ0n) is 12.0. The van der Waals surface area contributed by atoms with E-state index in [1.807, 2.05) is 13.8 Å². The maximum Gasteiger partial charge on any atom is 0.326 e. The molecule has 0 saturated carbocycles. The Labute approximate surface area is 118 Å². The van der Waals surface area contributed by atoms with E-state index >= 15 is 0 Å². The van der Waals surface area contributed by atoms with E-state index in [4.69, 9.17) is 4.42 Å². The van der Waals surface area contributed by atoms with Crippen molar-refractivity contribution in [2.24, 2.45) is 0 Å². The predicted molar refractivity (Wildman–Crippen MR) is 73.8 cm³/mol. The van der Waals surface area contributed by atoms with E-state index in [1.165, 1.54) is 4.90 Å². The third-order valence-electron chi connectivity index (χ3n) is 3.86. The molecule has 110 valence electrons. The number of nitrogens with zero attached hydrogens (tertiary/aromatic N) is 1. The van der Waals surface area contributed by atoms with Crippen molar-refractivity contribution in [3.8, 4) is 0 Å². The summed E-state index contributed by atoms with van der Waals surface area (Å²) in [5, 5.41) is 9.23. The number of carbonyl (C=O) groups is 2. The Morgan fingerprint density at radius 3 is 2.65 bits per heavy atom. The minimum absolute atomic E-state index is 0.270. The fraction of sp³-hybridized carbons (Fsp3) is 0.600. The number of hydrogen-bond donors (Lipinski definition) is 1. The summed E-state index contributed by atoms with van der Waals surface area (Å²) in [5.74, 6) is -0.144. The summed E-state index contributed by atoms with van der Waals surface area (Å²) < 4.78 is 5.61. The van der Waals surface area contributed by atoms with Gasteiger partial charge in [0.25, 0.3) is 5.91 Å². The Morgan fingerprint density at radius 2 is 2.10 bits per heavy atom. The van der Waals surface area contributed by atoms with Crippen molar-refractivity contribution in [2.45, 2.75) is 52.0 Å². The van der Waals surface area contributed by atoms with Gasteiger partial charge in [-0.15, -0.1) is 0 Å². The molecular weight excluding hydrogens is 258 g/mol. The van der Waals surface area contributed by atoms with Crippen LogP contribution in [0.2, 0.25) is 0 Å². The Kier molecular flexibility index (Phi) is 4.47. The number of aliphatic carboxylic acids is 1. The quantitative estimate of drug-likeness (QED) is 0.919. The molecule has 1 aromatic heterocycles. The van der Waals surface area contributed by atoms with Crippen LogP contribution in [-0.4, -0.2) is 34.5 Å². The SMILES string of the molecule is CCc1cc(C(=O)N2CCCC[C@@H]2C(=O)O)oc1CC. The van der Waals surface area contributed by atoms with Gasteiger partial charge in [-0.3, -0.25) is 4.79 Å². The summed E-state index contributed by atoms with van der Waals surface area (Å²) in [7, 11) is 0. The van der Waals surface area contributed by atoms with Gasteiger partial charge in [-0.1, -0.05) is 13.8 Å². The summed E-state index contributed by atoms with van der Waals surface area (Å²) in [4.78, 5) is 25.2. The lowest BCUT2D eigenvalue weighted by molar-refractivity contribution is -0.143. The van der Waals surface area contributed by atoms with Gasteiger partial charge in [0.1, 0.15) is 11.8 Å². The van der Waals surface area contributed by atoms with Gasteiger partial charge in [0.2, 0.25) is 0 Å². The highest BCUT2D eigenvalue weighted by atomic mass is 16.4. The molecule has 1 amide bonds. The molecule has 1 fully saturated rings. The maximum absolute atomic E-state index is 12.5. The van der Waals surface area contributed by atoms with Crippen LogP contribution < -0.4 is 0 Å². The molecule has 0 bridgehead atoms. The summed E-state index contributed by atoms with van der Waals surface area (Å²) >= 11 is 0. The van der Waals surface area contributed by atoms with Crippen molar-refractivity contribution in [3.05, 3.63) is 23.2 Å². The number of amides is 1. The van der Waals surface area contributed by atoms with Crippen LogP contribution in [0.5, 0.6) is 0 Å². The van der Waals surface area contributed by atoms with Gasteiger partial charge in [-0.25, -0.2) is 4.79 Å². The number of furan rings is 1. The van der Waals surface area contributed by atoms with E-state index in [1.54, 1.807) is 6.07 Å². The van der Waals surface area contributed by atoms with Crippen LogP contribution in [0.4, 0.5) is 0 Å². The molecule has 0 aromatic carbocycles. The number of carboxylic acids is 1. The molecule has 5 nitrogen and oxygen atoms in total. The van der Waals surface area contributed by atoms with Gasteiger partial charge >= 0.3 is 5.97 Å². The first kappa shape index (κ1) is 14.6. The molecule has 0 radical (unpaired) electrons. The van der Waals surface area contributed by atoms with E-state index < -0.39 is 12.0 Å². The first-order valence-electron chi connectivity index (χ1n) is 7.23. The number of likely N-dealkylation sites (tertiary alicyclic amines) is 1. The second-order valence-electron chi connectivity index (χ2n) is 5.11. The first-order valence-corrected chi connectivity index (χ1v) is 7.23.